The fraction of sp³-hybridized carbons (Fsp3) is 0.167. The first-order valence-electron chi connectivity index (χ1n) is 8.48. The number of aliphatic hydroxyl groups excluding tert-OH is 1. The van der Waals surface area contributed by atoms with E-state index in [1.54, 1.807) is 42.0 Å². The van der Waals surface area contributed by atoms with Crippen LogP contribution in [0.5, 0.6) is 0 Å². The van der Waals surface area contributed by atoms with Gasteiger partial charge in [-0.3, -0.25) is 4.79 Å². The highest BCUT2D eigenvalue weighted by Crippen LogP contribution is 2.20. The molecular weight excluding hydrogens is 365 g/mol. The third kappa shape index (κ3) is 3.32. The van der Waals surface area contributed by atoms with Crippen molar-refractivity contribution in [2.24, 2.45) is 0 Å². The van der Waals surface area contributed by atoms with Crippen LogP contribution >= 0.6 is 0 Å². The van der Waals surface area contributed by atoms with Crippen molar-refractivity contribution in [3.63, 3.8) is 0 Å². The molecule has 0 bridgehead atoms. The molecule has 0 aliphatic rings. The number of H-pyrrole nitrogens is 1. The second kappa shape index (κ2) is 7.16. The van der Waals surface area contributed by atoms with Gasteiger partial charge in [-0.15, -0.1) is 5.10 Å². The Labute approximate surface area is 157 Å². The molecule has 4 aromatic rings. The smallest absolute Gasteiger partial charge is 0.253 e. The van der Waals surface area contributed by atoms with Crippen LogP contribution in [0, 0.1) is 5.82 Å². The molecular formula is C18H16FN7O2. The van der Waals surface area contributed by atoms with Crippen molar-refractivity contribution in [1.29, 1.82) is 0 Å². The topological polar surface area (TPSA) is 121 Å². The average Bonchev–Trinajstić information content (AvgIpc) is 3.13. The highest BCUT2D eigenvalue weighted by molar-refractivity contribution is 5.57. The number of anilines is 1. The number of aliphatic hydroxyl groups is 1. The predicted molar refractivity (Wildman–Crippen MR) is 99.0 cm³/mol. The van der Waals surface area contributed by atoms with Crippen molar-refractivity contribution >= 4 is 11.5 Å². The van der Waals surface area contributed by atoms with Crippen LogP contribution in [0.1, 0.15) is 24.2 Å². The van der Waals surface area contributed by atoms with Crippen molar-refractivity contribution in [3.8, 4) is 11.5 Å². The number of nitrogens with one attached hydrogen (secondary N) is 2. The Morgan fingerprint density at radius 2 is 2.18 bits per heavy atom. The molecule has 3 N–H and O–H groups in total. The number of halogens is 1. The molecule has 9 nitrogen and oxygen atoms in total. The average molecular weight is 381 g/mol. The molecule has 1 atom stereocenters. The van der Waals surface area contributed by atoms with Crippen molar-refractivity contribution in [2.75, 3.05) is 5.32 Å². The fourth-order valence-electron chi connectivity index (χ4n) is 2.81. The third-order valence-corrected chi connectivity index (χ3v) is 4.19. The first-order valence-corrected chi connectivity index (χ1v) is 8.48. The number of hydrogen-bond acceptors (Lipinski definition) is 7. The molecule has 0 saturated heterocycles. The molecule has 4 rings (SSSR count). The number of rotatable bonds is 5. The van der Waals surface area contributed by atoms with Gasteiger partial charge >= 0.3 is 0 Å². The van der Waals surface area contributed by atoms with E-state index in [9.17, 15) is 14.3 Å². The minimum atomic E-state index is -0.524. The quantitative estimate of drug-likeness (QED) is 0.481. The predicted octanol–water partition coefficient (Wildman–Crippen LogP) is 1.68. The summed E-state index contributed by atoms with van der Waals surface area (Å²) in [6, 6.07) is 5.78. The summed E-state index contributed by atoms with van der Waals surface area (Å²) < 4.78 is 15.0. The van der Waals surface area contributed by atoms with E-state index in [0.29, 0.717) is 28.7 Å². The summed E-state index contributed by atoms with van der Waals surface area (Å²) in [6.07, 6.45) is 4.15. The maximum Gasteiger partial charge on any atom is 0.253 e. The molecule has 0 aliphatic heterocycles. The second-order valence-electron chi connectivity index (χ2n) is 6.13. The summed E-state index contributed by atoms with van der Waals surface area (Å²) in [5.41, 5.74) is 1.49. The van der Waals surface area contributed by atoms with Crippen LogP contribution in [-0.2, 0) is 6.61 Å². The molecule has 142 valence electrons. The van der Waals surface area contributed by atoms with Gasteiger partial charge < -0.3 is 15.4 Å². The molecule has 10 heteroatoms. The number of nitrogens with zero attached hydrogens (tertiary/aromatic N) is 5. The Kier molecular flexibility index (Phi) is 4.53. The van der Waals surface area contributed by atoms with Crippen LogP contribution in [0.2, 0.25) is 0 Å². The monoisotopic (exact) mass is 381 g/mol. The zero-order chi connectivity index (χ0) is 19.7. The maximum atomic E-state index is 13.5. The van der Waals surface area contributed by atoms with Gasteiger partial charge in [0.25, 0.3) is 5.56 Å². The van der Waals surface area contributed by atoms with Gasteiger partial charge in [-0.25, -0.2) is 23.9 Å². The molecule has 0 aliphatic carbocycles. The van der Waals surface area contributed by atoms with Gasteiger partial charge in [0.1, 0.15) is 17.3 Å². The zero-order valence-electron chi connectivity index (χ0n) is 14.8. The molecule has 4 heterocycles. The lowest BCUT2D eigenvalue weighted by Crippen LogP contribution is -2.20. The summed E-state index contributed by atoms with van der Waals surface area (Å²) in [4.78, 5) is 27.1. The second-order valence-corrected chi connectivity index (χ2v) is 6.13. The maximum absolute atomic E-state index is 13.5. The van der Waals surface area contributed by atoms with Gasteiger partial charge in [0.15, 0.2) is 11.5 Å². The molecule has 0 saturated carbocycles. The molecule has 0 spiro atoms. The summed E-state index contributed by atoms with van der Waals surface area (Å²) in [5, 5.41) is 16.8. The van der Waals surface area contributed by atoms with Crippen molar-refractivity contribution in [1.82, 2.24) is 29.5 Å². The van der Waals surface area contributed by atoms with E-state index in [1.165, 1.54) is 6.07 Å². The highest BCUT2D eigenvalue weighted by atomic mass is 19.1. The van der Waals surface area contributed by atoms with Crippen LogP contribution in [0.4, 0.5) is 10.2 Å². The summed E-state index contributed by atoms with van der Waals surface area (Å²) in [5.74, 6) is 0.309. The van der Waals surface area contributed by atoms with Gasteiger partial charge in [0.05, 0.1) is 24.5 Å². The molecule has 0 radical (unpaired) electrons. The lowest BCUT2D eigenvalue weighted by atomic mass is 10.1. The number of pyridine rings is 1. The van der Waals surface area contributed by atoms with E-state index in [0.717, 1.165) is 6.20 Å². The van der Waals surface area contributed by atoms with Crippen LogP contribution < -0.4 is 10.9 Å². The molecule has 28 heavy (non-hydrogen) atoms. The number of aromatic amines is 1. The number of fused-ring (bicyclic) bond motifs is 1. The van der Waals surface area contributed by atoms with Gasteiger partial charge in [0.2, 0.25) is 0 Å². The Hall–Kier alpha value is -3.66. The summed E-state index contributed by atoms with van der Waals surface area (Å²) in [7, 11) is 0. The largest absolute Gasteiger partial charge is 0.390 e. The lowest BCUT2D eigenvalue weighted by Gasteiger charge is -2.14. The Morgan fingerprint density at radius 1 is 1.32 bits per heavy atom. The van der Waals surface area contributed by atoms with E-state index < -0.39 is 11.9 Å². The van der Waals surface area contributed by atoms with E-state index in [-0.39, 0.29) is 17.7 Å². The zero-order valence-corrected chi connectivity index (χ0v) is 14.8. The van der Waals surface area contributed by atoms with Crippen molar-refractivity contribution in [2.45, 2.75) is 19.6 Å². The van der Waals surface area contributed by atoms with Crippen molar-refractivity contribution in [3.05, 3.63) is 70.3 Å². The number of aromatic nitrogens is 6. The SMILES string of the molecule is C[C@@H](Nc1ccc2ncc(-c3nccc(CO)n3)n2n1)c1cc(F)c[nH]c1=O. The van der Waals surface area contributed by atoms with E-state index >= 15 is 0 Å². The standard InChI is InChI=1S/C18H16FN7O2/c1-10(13-6-11(19)7-22-18(13)28)23-15-2-3-16-21-8-14(26(16)25-15)17-20-5-4-12(9-27)24-17/h2-8,10,27H,9H2,1H3,(H,22,28)(H,23,25)/t10-/m1/s1. The minimum absolute atomic E-state index is 0.202. The molecule has 0 fully saturated rings. The fourth-order valence-corrected chi connectivity index (χ4v) is 2.81. The summed E-state index contributed by atoms with van der Waals surface area (Å²) >= 11 is 0. The van der Waals surface area contributed by atoms with Gasteiger partial charge in [-0.05, 0) is 31.2 Å². The molecule has 4 aromatic heterocycles. The van der Waals surface area contributed by atoms with E-state index in [4.69, 9.17) is 0 Å². The van der Waals surface area contributed by atoms with Crippen molar-refractivity contribution < 1.29 is 9.50 Å². The van der Waals surface area contributed by atoms with Crippen LogP contribution in [0.15, 0.2) is 47.7 Å². The Balaban J connectivity index is 1.69. The lowest BCUT2D eigenvalue weighted by molar-refractivity contribution is 0.277. The minimum Gasteiger partial charge on any atom is -0.390 e. The van der Waals surface area contributed by atoms with Gasteiger partial charge in [-0.2, -0.15) is 0 Å². The number of hydrogen-bond donors (Lipinski definition) is 3. The van der Waals surface area contributed by atoms with E-state index in [2.05, 4.69) is 30.4 Å². The Morgan fingerprint density at radius 3 is 3.00 bits per heavy atom. The number of imidazole rings is 1. The van der Waals surface area contributed by atoms with Crippen LogP contribution in [0.25, 0.3) is 17.2 Å². The van der Waals surface area contributed by atoms with Gasteiger partial charge in [-0.1, -0.05) is 0 Å². The third-order valence-electron chi connectivity index (χ3n) is 4.19. The molecule has 0 unspecified atom stereocenters. The normalized spacial score (nSPS) is 12.2. The first-order chi connectivity index (χ1) is 13.5. The first kappa shape index (κ1) is 17.7. The molecule has 0 aromatic carbocycles. The molecule has 0 amide bonds. The van der Waals surface area contributed by atoms with Crippen LogP contribution in [-0.4, -0.2) is 34.7 Å². The van der Waals surface area contributed by atoms with Gasteiger partial charge in [0, 0.05) is 18.0 Å². The van der Waals surface area contributed by atoms with Crippen LogP contribution in [0.3, 0.4) is 0 Å². The van der Waals surface area contributed by atoms with E-state index in [1.807, 2.05) is 0 Å². The highest BCUT2D eigenvalue weighted by Gasteiger charge is 2.14. The Bertz CT molecular complexity index is 1200. The summed E-state index contributed by atoms with van der Waals surface area (Å²) in [6.45, 7) is 1.53.